The Kier molecular flexibility index (Phi) is 5.15. The number of amides is 2. The van der Waals surface area contributed by atoms with Crippen molar-refractivity contribution < 1.29 is 9.18 Å². The molecule has 0 bridgehead atoms. The first-order valence-corrected chi connectivity index (χ1v) is 7.70. The Labute approximate surface area is 130 Å². The second-order valence-corrected chi connectivity index (χ2v) is 5.77. The smallest absolute Gasteiger partial charge is 0.317 e. The molecule has 2 N–H and O–H groups in total. The first kappa shape index (κ1) is 16.5. The predicted octanol–water partition coefficient (Wildman–Crippen LogP) is 2.04. The molecule has 0 atom stereocenters. The minimum absolute atomic E-state index is 0.112. The van der Waals surface area contributed by atoms with Gasteiger partial charge < -0.3 is 15.5 Å². The topological polar surface area (TPSA) is 70.2 Å². The minimum atomic E-state index is -1.31. The molecule has 122 valence electrons. The summed E-state index contributed by atoms with van der Waals surface area (Å²) >= 11 is 0. The van der Waals surface area contributed by atoms with Crippen molar-refractivity contribution in [1.82, 2.24) is 20.2 Å². The molecular formula is C15H24FN5O. The molecule has 6 nitrogen and oxygen atoms in total. The Morgan fingerprint density at radius 1 is 1.36 bits per heavy atom. The maximum absolute atomic E-state index is 14.8. The lowest BCUT2D eigenvalue weighted by atomic mass is 9.93. The molecule has 1 fully saturated rings. The van der Waals surface area contributed by atoms with Gasteiger partial charge in [0, 0.05) is 44.2 Å². The van der Waals surface area contributed by atoms with Gasteiger partial charge in [-0.2, -0.15) is 0 Å². The van der Waals surface area contributed by atoms with E-state index < -0.39 is 5.67 Å². The number of carbonyl (C=O) groups excluding carboxylic acids is 1. The van der Waals surface area contributed by atoms with Crippen LogP contribution in [0, 0.1) is 13.8 Å². The summed E-state index contributed by atoms with van der Waals surface area (Å²) in [5.41, 5.74) is -0.454. The van der Waals surface area contributed by atoms with Gasteiger partial charge in [0.1, 0.15) is 17.3 Å². The van der Waals surface area contributed by atoms with Crippen LogP contribution in [-0.4, -0.2) is 52.7 Å². The molecule has 7 heteroatoms. The molecule has 1 aromatic heterocycles. The summed E-state index contributed by atoms with van der Waals surface area (Å²) in [5, 5.41) is 5.81. The average Bonchev–Trinajstić information content (AvgIpc) is 2.45. The number of hydrogen-bond donors (Lipinski definition) is 2. The number of carbonyl (C=O) groups is 1. The van der Waals surface area contributed by atoms with Crippen LogP contribution in [0.3, 0.4) is 0 Å². The largest absolute Gasteiger partial charge is 0.367 e. The molecule has 0 radical (unpaired) electrons. The third-order valence-corrected chi connectivity index (χ3v) is 3.83. The van der Waals surface area contributed by atoms with Crippen molar-refractivity contribution in [3.05, 3.63) is 17.6 Å². The van der Waals surface area contributed by atoms with Crippen LogP contribution in [-0.2, 0) is 0 Å². The van der Waals surface area contributed by atoms with E-state index >= 15 is 0 Å². The highest BCUT2D eigenvalue weighted by atomic mass is 19.1. The predicted molar refractivity (Wildman–Crippen MR) is 83.7 cm³/mol. The fourth-order valence-electron chi connectivity index (χ4n) is 2.61. The van der Waals surface area contributed by atoms with Crippen LogP contribution in [0.1, 0.15) is 31.3 Å². The molecule has 0 spiro atoms. The Morgan fingerprint density at radius 2 is 2.05 bits per heavy atom. The van der Waals surface area contributed by atoms with Gasteiger partial charge in [-0.05, 0) is 20.8 Å². The molecular weight excluding hydrogens is 285 g/mol. The molecule has 1 aliphatic heterocycles. The van der Waals surface area contributed by atoms with Crippen molar-refractivity contribution in [2.75, 3.05) is 31.5 Å². The Bertz CT molecular complexity index is 508. The number of nitrogens with zero attached hydrogens (tertiary/aromatic N) is 3. The number of urea groups is 1. The highest BCUT2D eigenvalue weighted by molar-refractivity contribution is 5.74. The zero-order valence-electron chi connectivity index (χ0n) is 13.4. The highest BCUT2D eigenvalue weighted by Crippen LogP contribution is 2.27. The van der Waals surface area contributed by atoms with Crippen molar-refractivity contribution in [2.24, 2.45) is 0 Å². The third kappa shape index (κ3) is 4.29. The summed E-state index contributed by atoms with van der Waals surface area (Å²) in [6.07, 6.45) is 0.667. The van der Waals surface area contributed by atoms with Gasteiger partial charge in [0.2, 0.25) is 0 Å². The van der Waals surface area contributed by atoms with E-state index in [4.69, 9.17) is 0 Å². The number of hydrogen-bond acceptors (Lipinski definition) is 4. The number of halogens is 1. The summed E-state index contributed by atoms with van der Waals surface area (Å²) in [7, 11) is 0. The van der Waals surface area contributed by atoms with E-state index in [1.54, 1.807) is 11.0 Å². The summed E-state index contributed by atoms with van der Waals surface area (Å²) < 4.78 is 14.8. The molecule has 1 aromatic rings. The first-order chi connectivity index (χ1) is 10.4. The van der Waals surface area contributed by atoms with Crippen molar-refractivity contribution >= 4 is 11.8 Å². The van der Waals surface area contributed by atoms with Gasteiger partial charge in [0.15, 0.2) is 0 Å². The summed E-state index contributed by atoms with van der Waals surface area (Å²) in [6.45, 7) is 7.23. The van der Waals surface area contributed by atoms with Crippen LogP contribution >= 0.6 is 0 Å². The van der Waals surface area contributed by atoms with Crippen molar-refractivity contribution in [3.63, 3.8) is 0 Å². The normalized spacial score (nSPS) is 17.2. The Balaban J connectivity index is 1.87. The van der Waals surface area contributed by atoms with Gasteiger partial charge in [-0.15, -0.1) is 0 Å². The van der Waals surface area contributed by atoms with Gasteiger partial charge in [-0.3, -0.25) is 0 Å². The summed E-state index contributed by atoms with van der Waals surface area (Å²) in [4.78, 5) is 21.8. The number of alkyl halides is 1. The SMILES string of the molecule is CCNC(=O)N1CCC(F)(CNc2cc(C)nc(C)n2)CC1. The van der Waals surface area contributed by atoms with Crippen LogP contribution in [0.2, 0.25) is 0 Å². The number of likely N-dealkylation sites (tertiary alicyclic amines) is 1. The molecule has 2 amide bonds. The van der Waals surface area contributed by atoms with E-state index in [-0.39, 0.29) is 12.6 Å². The second kappa shape index (κ2) is 6.89. The highest BCUT2D eigenvalue weighted by Gasteiger charge is 2.35. The van der Waals surface area contributed by atoms with E-state index in [0.29, 0.717) is 44.1 Å². The van der Waals surface area contributed by atoms with Crippen LogP contribution < -0.4 is 10.6 Å². The Morgan fingerprint density at radius 3 is 2.64 bits per heavy atom. The van der Waals surface area contributed by atoms with E-state index in [9.17, 15) is 9.18 Å². The molecule has 1 aliphatic rings. The summed E-state index contributed by atoms with van der Waals surface area (Å²) in [6, 6.07) is 1.69. The van der Waals surface area contributed by atoms with Crippen LogP contribution in [0.5, 0.6) is 0 Å². The molecule has 2 rings (SSSR count). The van der Waals surface area contributed by atoms with Gasteiger partial charge >= 0.3 is 6.03 Å². The molecule has 0 unspecified atom stereocenters. The molecule has 22 heavy (non-hydrogen) atoms. The summed E-state index contributed by atoms with van der Waals surface area (Å²) in [5.74, 6) is 1.31. The quantitative estimate of drug-likeness (QED) is 0.893. The molecule has 0 saturated carbocycles. The van der Waals surface area contributed by atoms with Crippen molar-refractivity contribution in [1.29, 1.82) is 0 Å². The molecule has 1 saturated heterocycles. The first-order valence-electron chi connectivity index (χ1n) is 7.70. The standard InChI is InChI=1S/C15H24FN5O/c1-4-17-14(22)21-7-5-15(16,6-8-21)10-18-13-9-11(2)19-12(3)20-13/h9H,4-8,10H2,1-3H3,(H,17,22)(H,18,19,20). The van der Waals surface area contributed by atoms with Crippen molar-refractivity contribution in [2.45, 2.75) is 39.3 Å². The van der Waals surface area contributed by atoms with Gasteiger partial charge in [0.05, 0.1) is 6.54 Å². The van der Waals surface area contributed by atoms with Crippen molar-refractivity contribution in [3.8, 4) is 0 Å². The third-order valence-electron chi connectivity index (χ3n) is 3.83. The number of nitrogens with one attached hydrogen (secondary N) is 2. The number of rotatable bonds is 4. The monoisotopic (exact) mass is 309 g/mol. The molecule has 2 heterocycles. The van der Waals surface area contributed by atoms with Crippen LogP contribution in [0.15, 0.2) is 6.07 Å². The van der Waals surface area contributed by atoms with E-state index in [1.807, 2.05) is 20.8 Å². The zero-order valence-corrected chi connectivity index (χ0v) is 13.4. The van der Waals surface area contributed by atoms with Crippen LogP contribution in [0.25, 0.3) is 0 Å². The maximum atomic E-state index is 14.8. The second-order valence-electron chi connectivity index (χ2n) is 5.77. The lowest BCUT2D eigenvalue weighted by molar-refractivity contribution is 0.0820. The van der Waals surface area contributed by atoms with E-state index in [1.165, 1.54) is 0 Å². The van der Waals surface area contributed by atoms with E-state index in [0.717, 1.165) is 5.69 Å². The van der Waals surface area contributed by atoms with Gasteiger partial charge in [-0.1, -0.05) is 0 Å². The maximum Gasteiger partial charge on any atom is 0.317 e. The average molecular weight is 309 g/mol. The lowest BCUT2D eigenvalue weighted by Gasteiger charge is -2.36. The van der Waals surface area contributed by atoms with Gasteiger partial charge in [-0.25, -0.2) is 19.2 Å². The fraction of sp³-hybridized carbons (Fsp3) is 0.667. The molecule has 0 aliphatic carbocycles. The Hall–Kier alpha value is -1.92. The number of aryl methyl sites for hydroxylation is 2. The number of aromatic nitrogens is 2. The molecule has 0 aromatic carbocycles. The number of piperidine rings is 1. The number of anilines is 1. The lowest BCUT2D eigenvalue weighted by Crippen LogP contribution is -2.50. The van der Waals surface area contributed by atoms with Crippen LogP contribution in [0.4, 0.5) is 15.0 Å². The minimum Gasteiger partial charge on any atom is -0.367 e. The zero-order chi connectivity index (χ0) is 16.2. The fourth-order valence-corrected chi connectivity index (χ4v) is 2.61. The van der Waals surface area contributed by atoms with Gasteiger partial charge in [0.25, 0.3) is 0 Å². The van der Waals surface area contributed by atoms with E-state index in [2.05, 4.69) is 20.6 Å².